The number of aromatic amines is 1. The van der Waals surface area contributed by atoms with Crippen molar-refractivity contribution in [3.63, 3.8) is 0 Å². The average molecular weight is 499 g/mol. The Morgan fingerprint density at radius 2 is 1.78 bits per heavy atom. The number of nitrogens with zero attached hydrogens (tertiary/aromatic N) is 4. The van der Waals surface area contributed by atoms with Gasteiger partial charge in [-0.1, -0.05) is 6.07 Å². The molecule has 2 aromatic heterocycles. The van der Waals surface area contributed by atoms with Crippen molar-refractivity contribution < 1.29 is 18.3 Å². The van der Waals surface area contributed by atoms with E-state index in [0.717, 1.165) is 30.3 Å². The summed E-state index contributed by atoms with van der Waals surface area (Å²) in [7, 11) is 0. The molecular weight excluding hydrogens is 466 g/mol. The van der Waals surface area contributed by atoms with Crippen LogP contribution in [0.1, 0.15) is 49.7 Å². The molecule has 36 heavy (non-hydrogen) atoms. The lowest BCUT2D eigenvalue weighted by molar-refractivity contribution is -0.0409. The molecule has 2 aliphatic rings. The minimum absolute atomic E-state index is 0.0886. The van der Waals surface area contributed by atoms with Gasteiger partial charge in [-0.2, -0.15) is 0 Å². The Labute approximate surface area is 209 Å². The summed E-state index contributed by atoms with van der Waals surface area (Å²) in [5, 5.41) is 2.91. The molecule has 10 heteroatoms. The van der Waals surface area contributed by atoms with Gasteiger partial charge in [0.2, 0.25) is 5.95 Å². The molecule has 192 valence electrons. The van der Waals surface area contributed by atoms with E-state index in [-0.39, 0.29) is 35.3 Å². The van der Waals surface area contributed by atoms with Crippen LogP contribution in [0.2, 0.25) is 0 Å². The van der Waals surface area contributed by atoms with Gasteiger partial charge in [0, 0.05) is 43.5 Å². The van der Waals surface area contributed by atoms with E-state index in [4.69, 9.17) is 9.47 Å². The Morgan fingerprint density at radius 1 is 1.03 bits per heavy atom. The van der Waals surface area contributed by atoms with E-state index in [0.29, 0.717) is 44.5 Å². The molecule has 0 aliphatic carbocycles. The zero-order valence-corrected chi connectivity index (χ0v) is 20.9. The van der Waals surface area contributed by atoms with Crippen molar-refractivity contribution in [2.45, 2.75) is 58.2 Å². The Morgan fingerprint density at radius 3 is 2.50 bits per heavy atom. The second-order valence-electron chi connectivity index (χ2n) is 9.71. The van der Waals surface area contributed by atoms with Crippen LogP contribution >= 0.6 is 0 Å². The van der Waals surface area contributed by atoms with Gasteiger partial charge in [0.15, 0.2) is 5.82 Å². The van der Waals surface area contributed by atoms with Crippen molar-refractivity contribution in [2.24, 2.45) is 0 Å². The molecule has 0 amide bonds. The van der Waals surface area contributed by atoms with Crippen LogP contribution in [0.4, 0.5) is 20.4 Å². The smallest absolute Gasteiger partial charge is 0.228 e. The fraction of sp³-hybridized carbons (Fsp3) is 0.500. The van der Waals surface area contributed by atoms with E-state index < -0.39 is 11.6 Å². The lowest BCUT2D eigenvalue weighted by Crippen LogP contribution is -2.48. The molecule has 0 radical (unpaired) electrons. The second-order valence-corrected chi connectivity index (χ2v) is 9.71. The Bertz CT molecular complexity index is 1200. The van der Waals surface area contributed by atoms with Gasteiger partial charge in [-0.25, -0.2) is 23.7 Å². The van der Waals surface area contributed by atoms with Gasteiger partial charge in [-0.3, -0.25) is 4.90 Å². The number of hydrogen-bond acceptors (Lipinski definition) is 7. The van der Waals surface area contributed by atoms with Crippen molar-refractivity contribution in [3.8, 4) is 11.4 Å². The number of H-pyrrole nitrogens is 1. The number of aryl methyl sites for hydroxylation is 1. The van der Waals surface area contributed by atoms with Crippen molar-refractivity contribution in [2.75, 3.05) is 31.7 Å². The first-order chi connectivity index (χ1) is 17.4. The lowest BCUT2D eigenvalue weighted by Gasteiger charge is -2.38. The predicted octanol–water partition coefficient (Wildman–Crippen LogP) is 4.70. The number of hydrogen-bond donors (Lipinski definition) is 2. The SMILES string of the molecule is Cc1nc(-c2nc(Nc3ccc(CN4[C@@H](C)COC[C@@H]4C)cc3F)ncc2F)c(C2CCOCC2)[nH]1. The molecular formula is C26H32F2N6O2. The van der Waals surface area contributed by atoms with E-state index >= 15 is 4.39 Å². The number of nitrogens with one attached hydrogen (secondary N) is 2. The number of anilines is 2. The quantitative estimate of drug-likeness (QED) is 0.509. The van der Waals surface area contributed by atoms with E-state index in [9.17, 15) is 4.39 Å². The highest BCUT2D eigenvalue weighted by Crippen LogP contribution is 2.34. The summed E-state index contributed by atoms with van der Waals surface area (Å²) in [5.41, 5.74) is 2.49. The maximum absolute atomic E-state index is 15.0. The van der Waals surface area contributed by atoms with E-state index in [1.165, 1.54) is 6.07 Å². The minimum atomic E-state index is -0.579. The molecule has 0 spiro atoms. The van der Waals surface area contributed by atoms with Crippen LogP contribution in [-0.4, -0.2) is 63.3 Å². The monoisotopic (exact) mass is 498 g/mol. The third-order valence-electron chi connectivity index (χ3n) is 6.94. The van der Waals surface area contributed by atoms with E-state index in [1.54, 1.807) is 6.07 Å². The van der Waals surface area contributed by atoms with Crippen LogP contribution < -0.4 is 5.32 Å². The van der Waals surface area contributed by atoms with Crippen LogP contribution in [0.3, 0.4) is 0 Å². The molecule has 0 bridgehead atoms. The topological polar surface area (TPSA) is 88.2 Å². The van der Waals surface area contributed by atoms with Crippen LogP contribution in [-0.2, 0) is 16.0 Å². The molecule has 0 saturated carbocycles. The first kappa shape index (κ1) is 24.7. The third kappa shape index (κ3) is 5.25. The average Bonchev–Trinajstić information content (AvgIpc) is 3.26. The predicted molar refractivity (Wildman–Crippen MR) is 132 cm³/mol. The largest absolute Gasteiger partial charge is 0.381 e. The number of halogens is 2. The van der Waals surface area contributed by atoms with E-state index in [1.807, 2.05) is 13.0 Å². The third-order valence-corrected chi connectivity index (χ3v) is 6.94. The Kier molecular flexibility index (Phi) is 7.27. The number of ether oxygens (including phenoxy) is 2. The highest BCUT2D eigenvalue weighted by Gasteiger charge is 2.27. The molecule has 3 aromatic rings. The maximum atomic E-state index is 15.0. The maximum Gasteiger partial charge on any atom is 0.228 e. The highest BCUT2D eigenvalue weighted by molar-refractivity contribution is 5.63. The molecule has 2 fully saturated rings. The lowest BCUT2D eigenvalue weighted by atomic mass is 9.94. The first-order valence-corrected chi connectivity index (χ1v) is 12.4. The molecule has 2 saturated heterocycles. The van der Waals surface area contributed by atoms with Gasteiger partial charge < -0.3 is 19.8 Å². The highest BCUT2D eigenvalue weighted by atomic mass is 19.1. The summed E-state index contributed by atoms with van der Waals surface area (Å²) >= 11 is 0. The standard InChI is InChI=1S/C26H32F2N6O2/c1-15-13-36-14-16(2)34(15)12-18-4-5-22(20(27)10-18)32-26-29-11-21(28)24(33-26)25-23(30-17(3)31-25)19-6-8-35-9-7-19/h4-5,10-11,15-16,19H,6-9,12-14H2,1-3H3,(H,30,31)(H,29,32,33)/t15-,16-/m0/s1. The van der Waals surface area contributed by atoms with Crippen molar-refractivity contribution in [3.05, 3.63) is 53.1 Å². The van der Waals surface area contributed by atoms with Crippen LogP contribution in [0.15, 0.2) is 24.4 Å². The molecule has 4 heterocycles. The van der Waals surface area contributed by atoms with Crippen LogP contribution in [0.5, 0.6) is 0 Å². The van der Waals surface area contributed by atoms with Crippen molar-refractivity contribution in [1.82, 2.24) is 24.8 Å². The number of benzene rings is 1. The zero-order valence-electron chi connectivity index (χ0n) is 20.9. The summed E-state index contributed by atoms with van der Waals surface area (Å²) in [6.07, 6.45) is 2.74. The first-order valence-electron chi connectivity index (χ1n) is 12.4. The van der Waals surface area contributed by atoms with Gasteiger partial charge in [-0.05, 0) is 51.3 Å². The number of aromatic nitrogens is 4. The number of rotatable bonds is 6. The normalized spacial score (nSPS) is 21.6. The van der Waals surface area contributed by atoms with Gasteiger partial charge in [0.25, 0.3) is 0 Å². The van der Waals surface area contributed by atoms with Gasteiger partial charge in [0.1, 0.15) is 23.0 Å². The molecule has 8 nitrogen and oxygen atoms in total. The van der Waals surface area contributed by atoms with Crippen LogP contribution in [0, 0.1) is 18.6 Å². The molecule has 0 unspecified atom stereocenters. The van der Waals surface area contributed by atoms with Crippen LogP contribution in [0.25, 0.3) is 11.4 Å². The zero-order chi connectivity index (χ0) is 25.2. The summed E-state index contributed by atoms with van der Waals surface area (Å²) < 4.78 is 40.9. The van der Waals surface area contributed by atoms with Gasteiger partial charge in [-0.15, -0.1) is 0 Å². The van der Waals surface area contributed by atoms with Crippen molar-refractivity contribution >= 4 is 11.6 Å². The molecule has 1 aromatic carbocycles. The molecule has 2 N–H and O–H groups in total. The second kappa shape index (κ2) is 10.6. The minimum Gasteiger partial charge on any atom is -0.381 e. The number of morpholine rings is 1. The van der Waals surface area contributed by atoms with Crippen molar-refractivity contribution in [1.29, 1.82) is 0 Å². The van der Waals surface area contributed by atoms with E-state index in [2.05, 4.69) is 44.0 Å². The fourth-order valence-corrected chi connectivity index (χ4v) is 5.00. The summed E-state index contributed by atoms with van der Waals surface area (Å²) in [4.78, 5) is 18.5. The molecule has 5 rings (SSSR count). The summed E-state index contributed by atoms with van der Waals surface area (Å²) in [6, 6.07) is 5.58. The van der Waals surface area contributed by atoms with Gasteiger partial charge in [0.05, 0.1) is 25.1 Å². The molecule has 2 aliphatic heterocycles. The Hall–Kier alpha value is -2.95. The summed E-state index contributed by atoms with van der Waals surface area (Å²) in [6.45, 7) is 9.33. The summed E-state index contributed by atoms with van der Waals surface area (Å²) in [5.74, 6) is -0.0294. The fourth-order valence-electron chi connectivity index (χ4n) is 5.00. The molecule has 2 atom stereocenters. The van der Waals surface area contributed by atoms with Gasteiger partial charge >= 0.3 is 0 Å². The number of imidazole rings is 1. The Balaban J connectivity index is 1.36.